The topological polar surface area (TPSA) is 60.9 Å². The maximum Gasteiger partial charge on any atom is 0.0921 e. The van der Waals surface area contributed by atoms with Crippen LogP contribution in [0.2, 0.25) is 0 Å². The lowest BCUT2D eigenvalue weighted by molar-refractivity contribution is 0.240. The number of imidazole rings is 1. The molecule has 4 nitrogen and oxygen atoms in total. The second-order valence-corrected chi connectivity index (χ2v) is 4.03. The SMILES string of the molecule is OCC(Cc1cnc[nH]1)NCc1ccccc1. The van der Waals surface area contributed by atoms with Gasteiger partial charge in [0.05, 0.1) is 12.9 Å². The standard InChI is InChI=1S/C13H17N3O/c17-9-13(6-12-8-14-10-16-12)15-7-11-4-2-1-3-5-11/h1-5,8,10,13,15,17H,6-7,9H2,(H,14,16). The van der Waals surface area contributed by atoms with Gasteiger partial charge < -0.3 is 15.4 Å². The molecule has 4 heteroatoms. The van der Waals surface area contributed by atoms with Crippen molar-refractivity contribution >= 4 is 0 Å². The van der Waals surface area contributed by atoms with E-state index in [1.807, 2.05) is 18.2 Å². The molecule has 2 rings (SSSR count). The Morgan fingerprint density at radius 2 is 2.12 bits per heavy atom. The summed E-state index contributed by atoms with van der Waals surface area (Å²) in [5.74, 6) is 0. The number of aliphatic hydroxyl groups is 1. The van der Waals surface area contributed by atoms with Crippen molar-refractivity contribution in [1.82, 2.24) is 15.3 Å². The third-order valence-corrected chi connectivity index (χ3v) is 2.68. The second-order valence-electron chi connectivity index (χ2n) is 4.03. The van der Waals surface area contributed by atoms with Crippen LogP contribution < -0.4 is 5.32 Å². The van der Waals surface area contributed by atoms with Crippen LogP contribution in [0.15, 0.2) is 42.9 Å². The van der Waals surface area contributed by atoms with Crippen LogP contribution in [0.4, 0.5) is 0 Å². The van der Waals surface area contributed by atoms with E-state index in [4.69, 9.17) is 0 Å². The first-order chi connectivity index (χ1) is 8.38. The van der Waals surface area contributed by atoms with Crippen molar-refractivity contribution in [2.75, 3.05) is 6.61 Å². The molecule has 0 aliphatic carbocycles. The lowest BCUT2D eigenvalue weighted by atomic mass is 10.1. The number of aromatic nitrogens is 2. The van der Waals surface area contributed by atoms with Gasteiger partial charge in [0.2, 0.25) is 0 Å². The average Bonchev–Trinajstić information content (AvgIpc) is 2.88. The van der Waals surface area contributed by atoms with Crippen LogP contribution in [0, 0.1) is 0 Å². The first kappa shape index (κ1) is 11.8. The average molecular weight is 231 g/mol. The Bertz CT molecular complexity index is 413. The molecule has 0 saturated heterocycles. The number of benzene rings is 1. The normalized spacial score (nSPS) is 12.5. The van der Waals surface area contributed by atoms with Gasteiger partial charge in [-0.15, -0.1) is 0 Å². The van der Waals surface area contributed by atoms with Crippen molar-refractivity contribution in [2.45, 2.75) is 19.0 Å². The summed E-state index contributed by atoms with van der Waals surface area (Å²) in [6.45, 7) is 0.881. The molecule has 1 atom stereocenters. The quantitative estimate of drug-likeness (QED) is 0.697. The zero-order chi connectivity index (χ0) is 11.9. The van der Waals surface area contributed by atoms with Gasteiger partial charge in [-0.1, -0.05) is 30.3 Å². The van der Waals surface area contributed by atoms with E-state index in [9.17, 15) is 5.11 Å². The van der Waals surface area contributed by atoms with E-state index < -0.39 is 0 Å². The minimum absolute atomic E-state index is 0.0515. The molecule has 0 radical (unpaired) electrons. The summed E-state index contributed by atoms with van der Waals surface area (Å²) < 4.78 is 0. The van der Waals surface area contributed by atoms with Crippen molar-refractivity contribution < 1.29 is 5.11 Å². The smallest absolute Gasteiger partial charge is 0.0921 e. The highest BCUT2D eigenvalue weighted by Crippen LogP contribution is 2.01. The van der Waals surface area contributed by atoms with Crippen molar-refractivity contribution in [3.05, 3.63) is 54.1 Å². The fourth-order valence-electron chi connectivity index (χ4n) is 1.72. The van der Waals surface area contributed by atoms with Crippen LogP contribution in [0.5, 0.6) is 0 Å². The van der Waals surface area contributed by atoms with E-state index in [1.54, 1.807) is 12.5 Å². The first-order valence-corrected chi connectivity index (χ1v) is 5.74. The Hall–Kier alpha value is -1.65. The van der Waals surface area contributed by atoms with Gasteiger partial charge in [-0.3, -0.25) is 0 Å². The number of hydrogen-bond donors (Lipinski definition) is 3. The van der Waals surface area contributed by atoms with Gasteiger partial charge in [0.15, 0.2) is 0 Å². The van der Waals surface area contributed by atoms with E-state index in [0.717, 1.165) is 18.7 Å². The highest BCUT2D eigenvalue weighted by atomic mass is 16.3. The lowest BCUT2D eigenvalue weighted by Crippen LogP contribution is -2.34. The van der Waals surface area contributed by atoms with Crippen LogP contribution in [-0.2, 0) is 13.0 Å². The van der Waals surface area contributed by atoms with Crippen LogP contribution in [0.25, 0.3) is 0 Å². The molecule has 1 unspecified atom stereocenters. The van der Waals surface area contributed by atoms with Crippen LogP contribution in [0.3, 0.4) is 0 Å². The molecule has 0 spiro atoms. The maximum atomic E-state index is 9.31. The minimum atomic E-state index is 0.0515. The van der Waals surface area contributed by atoms with Gasteiger partial charge in [-0.25, -0.2) is 4.98 Å². The summed E-state index contributed by atoms with van der Waals surface area (Å²) in [5, 5.41) is 12.6. The number of nitrogens with one attached hydrogen (secondary N) is 2. The maximum absolute atomic E-state index is 9.31. The molecule has 1 aromatic heterocycles. The zero-order valence-electron chi connectivity index (χ0n) is 9.63. The molecule has 0 aliphatic heterocycles. The summed E-state index contributed by atoms with van der Waals surface area (Å²) in [5.41, 5.74) is 2.25. The van der Waals surface area contributed by atoms with Gasteiger partial charge in [0, 0.05) is 30.9 Å². The Balaban J connectivity index is 1.84. The Morgan fingerprint density at radius 1 is 1.29 bits per heavy atom. The monoisotopic (exact) mass is 231 g/mol. The van der Waals surface area contributed by atoms with Crippen LogP contribution in [0.1, 0.15) is 11.3 Å². The largest absolute Gasteiger partial charge is 0.395 e. The number of aromatic amines is 1. The molecule has 3 N–H and O–H groups in total. The molecule has 17 heavy (non-hydrogen) atoms. The number of nitrogens with zero attached hydrogens (tertiary/aromatic N) is 1. The fraction of sp³-hybridized carbons (Fsp3) is 0.308. The van der Waals surface area contributed by atoms with Gasteiger partial charge in [0.25, 0.3) is 0 Å². The predicted molar refractivity (Wildman–Crippen MR) is 66.4 cm³/mol. The molecule has 0 aliphatic rings. The van der Waals surface area contributed by atoms with E-state index in [2.05, 4.69) is 27.4 Å². The van der Waals surface area contributed by atoms with E-state index in [0.29, 0.717) is 0 Å². The fourth-order valence-corrected chi connectivity index (χ4v) is 1.72. The third-order valence-electron chi connectivity index (χ3n) is 2.68. The molecular weight excluding hydrogens is 214 g/mol. The number of aliphatic hydroxyl groups excluding tert-OH is 1. The van der Waals surface area contributed by atoms with E-state index in [1.165, 1.54) is 5.56 Å². The molecule has 1 heterocycles. The second kappa shape index (κ2) is 6.18. The van der Waals surface area contributed by atoms with Crippen LogP contribution >= 0.6 is 0 Å². The zero-order valence-corrected chi connectivity index (χ0v) is 9.63. The molecule has 0 amide bonds. The molecule has 0 saturated carbocycles. The lowest BCUT2D eigenvalue weighted by Gasteiger charge is -2.15. The van der Waals surface area contributed by atoms with E-state index >= 15 is 0 Å². The summed E-state index contributed by atoms with van der Waals surface area (Å²) in [6, 6.07) is 10.2. The highest BCUT2D eigenvalue weighted by Gasteiger charge is 2.08. The van der Waals surface area contributed by atoms with Gasteiger partial charge in [0.1, 0.15) is 0 Å². The van der Waals surface area contributed by atoms with Crippen molar-refractivity contribution in [2.24, 2.45) is 0 Å². The van der Waals surface area contributed by atoms with Crippen molar-refractivity contribution in [1.29, 1.82) is 0 Å². The first-order valence-electron chi connectivity index (χ1n) is 5.74. The van der Waals surface area contributed by atoms with Crippen LogP contribution in [-0.4, -0.2) is 27.7 Å². The van der Waals surface area contributed by atoms with Gasteiger partial charge in [-0.05, 0) is 5.56 Å². The number of rotatable bonds is 6. The molecule has 0 bridgehead atoms. The molecule has 90 valence electrons. The van der Waals surface area contributed by atoms with Gasteiger partial charge in [-0.2, -0.15) is 0 Å². The Labute approximate surface area is 101 Å². The van der Waals surface area contributed by atoms with Crippen molar-refractivity contribution in [3.63, 3.8) is 0 Å². The highest BCUT2D eigenvalue weighted by molar-refractivity contribution is 5.14. The Morgan fingerprint density at radius 3 is 2.76 bits per heavy atom. The Kier molecular flexibility index (Phi) is 4.30. The van der Waals surface area contributed by atoms with Gasteiger partial charge >= 0.3 is 0 Å². The summed E-state index contributed by atoms with van der Waals surface area (Å²) in [4.78, 5) is 7.00. The summed E-state index contributed by atoms with van der Waals surface area (Å²) in [7, 11) is 0. The molecule has 2 aromatic rings. The summed E-state index contributed by atoms with van der Waals surface area (Å²) >= 11 is 0. The minimum Gasteiger partial charge on any atom is -0.395 e. The van der Waals surface area contributed by atoms with Crippen molar-refractivity contribution in [3.8, 4) is 0 Å². The third kappa shape index (κ3) is 3.69. The summed E-state index contributed by atoms with van der Waals surface area (Å²) in [6.07, 6.45) is 4.19. The number of H-pyrrole nitrogens is 1. The van der Waals surface area contributed by atoms with E-state index in [-0.39, 0.29) is 12.6 Å². The predicted octanol–water partition coefficient (Wildman–Crippen LogP) is 1.10. The molecule has 1 aromatic carbocycles. The number of hydrogen-bond acceptors (Lipinski definition) is 3. The molecular formula is C13H17N3O. The molecule has 0 fully saturated rings.